The number of fused-ring (bicyclic) bond motifs is 4. The molecule has 7 heteroatoms. The zero-order chi connectivity index (χ0) is 13.2. The first kappa shape index (κ1) is 10.7. The monoisotopic (exact) mass is 258 g/mol. The molecule has 2 aliphatic heterocycles. The van der Waals surface area contributed by atoms with Crippen LogP contribution in [0.4, 0.5) is 11.5 Å². The lowest BCUT2D eigenvalue weighted by Gasteiger charge is -2.50. The minimum Gasteiger partial charge on any atom is -0.382 e. The van der Waals surface area contributed by atoms with Crippen molar-refractivity contribution < 1.29 is 4.74 Å². The predicted molar refractivity (Wildman–Crippen MR) is 69.5 cm³/mol. The summed E-state index contributed by atoms with van der Waals surface area (Å²) in [5, 5.41) is 9.01. The summed E-state index contributed by atoms with van der Waals surface area (Å²) < 4.78 is 5.43. The number of nitrogens with two attached hydrogens (primary N) is 1. The zero-order valence-electron chi connectivity index (χ0n) is 10.8. The fourth-order valence-electron chi connectivity index (χ4n) is 2.91. The molecule has 2 aliphatic rings. The molecule has 4 rings (SSSR count). The first-order chi connectivity index (χ1) is 9.13. The van der Waals surface area contributed by atoms with Crippen LogP contribution in [0.25, 0.3) is 11.3 Å². The smallest absolute Gasteiger partial charge is 0.147 e. The van der Waals surface area contributed by atoms with Crippen molar-refractivity contribution in [2.75, 3.05) is 30.9 Å². The molecule has 4 heterocycles. The molecule has 0 bridgehead atoms. The average Bonchev–Trinajstić information content (AvgIpc) is 2.69. The van der Waals surface area contributed by atoms with Crippen LogP contribution >= 0.6 is 0 Å². The molecule has 2 aromatic rings. The quantitative estimate of drug-likeness (QED) is 0.723. The summed E-state index contributed by atoms with van der Waals surface area (Å²) in [6.45, 7) is 1.20. The number of hydrogen-bond acceptors (Lipinski definition) is 6. The highest BCUT2D eigenvalue weighted by Gasteiger charge is 2.52. The van der Waals surface area contributed by atoms with Gasteiger partial charge in [-0.2, -0.15) is 15.0 Å². The van der Waals surface area contributed by atoms with Crippen LogP contribution in [0.15, 0.2) is 12.3 Å². The molecule has 1 spiro atoms. The standard InChI is InChI=1S/C12H14N6O/c1-17-9-7(3-4-14-11(9)13)8-10(16-18(2)15-8)12(17)5-19-6-12/h3-4H,5-6H2,1-2H3,(H2,13,14). The van der Waals surface area contributed by atoms with Crippen molar-refractivity contribution in [3.63, 3.8) is 0 Å². The lowest BCUT2D eigenvalue weighted by molar-refractivity contribution is -0.0617. The van der Waals surface area contributed by atoms with Gasteiger partial charge in [0.2, 0.25) is 0 Å². The van der Waals surface area contributed by atoms with Crippen LogP contribution in [0, 0.1) is 0 Å². The number of ether oxygens (including phenoxy) is 1. The molecule has 2 aromatic heterocycles. The SMILES string of the molecule is CN1c2c(ccnc2N)-c2nn(C)nc2C12COC2. The molecule has 0 aliphatic carbocycles. The van der Waals surface area contributed by atoms with Crippen molar-refractivity contribution in [3.8, 4) is 11.3 Å². The van der Waals surface area contributed by atoms with E-state index < -0.39 is 0 Å². The second-order valence-electron chi connectivity index (χ2n) is 5.06. The fourth-order valence-corrected chi connectivity index (χ4v) is 2.91. The van der Waals surface area contributed by atoms with E-state index in [-0.39, 0.29) is 5.54 Å². The first-order valence-corrected chi connectivity index (χ1v) is 6.12. The van der Waals surface area contributed by atoms with E-state index in [0.29, 0.717) is 19.0 Å². The molecular weight excluding hydrogens is 244 g/mol. The normalized spacial score (nSPS) is 18.9. The average molecular weight is 258 g/mol. The summed E-state index contributed by atoms with van der Waals surface area (Å²) in [4.78, 5) is 7.92. The van der Waals surface area contributed by atoms with Gasteiger partial charge >= 0.3 is 0 Å². The highest BCUT2D eigenvalue weighted by molar-refractivity contribution is 5.88. The Bertz CT molecular complexity index is 675. The van der Waals surface area contributed by atoms with E-state index in [9.17, 15) is 0 Å². The van der Waals surface area contributed by atoms with Gasteiger partial charge in [0.15, 0.2) is 0 Å². The maximum Gasteiger partial charge on any atom is 0.147 e. The van der Waals surface area contributed by atoms with Crippen LogP contribution in [0.5, 0.6) is 0 Å². The van der Waals surface area contributed by atoms with E-state index in [2.05, 4.69) is 20.1 Å². The van der Waals surface area contributed by atoms with Gasteiger partial charge in [-0.3, -0.25) is 0 Å². The van der Waals surface area contributed by atoms with Crippen LogP contribution < -0.4 is 10.6 Å². The van der Waals surface area contributed by atoms with Gasteiger partial charge in [-0.15, -0.1) is 0 Å². The number of nitrogen functional groups attached to an aromatic ring is 1. The number of aryl methyl sites for hydroxylation is 1. The second-order valence-corrected chi connectivity index (χ2v) is 5.06. The molecule has 0 amide bonds. The van der Waals surface area contributed by atoms with Crippen molar-refractivity contribution in [1.82, 2.24) is 20.0 Å². The van der Waals surface area contributed by atoms with Gasteiger partial charge in [-0.25, -0.2) is 4.98 Å². The van der Waals surface area contributed by atoms with Gasteiger partial charge < -0.3 is 15.4 Å². The molecule has 1 saturated heterocycles. The third-order valence-corrected chi connectivity index (χ3v) is 4.02. The van der Waals surface area contributed by atoms with Crippen molar-refractivity contribution in [2.24, 2.45) is 7.05 Å². The number of anilines is 2. The molecule has 0 aromatic carbocycles. The van der Waals surface area contributed by atoms with Gasteiger partial charge in [0.1, 0.15) is 22.7 Å². The van der Waals surface area contributed by atoms with Crippen LogP contribution in [-0.4, -0.2) is 40.2 Å². The number of hydrogen-bond donors (Lipinski definition) is 1. The highest BCUT2D eigenvalue weighted by atomic mass is 16.5. The molecule has 19 heavy (non-hydrogen) atoms. The van der Waals surface area contributed by atoms with Crippen LogP contribution in [0.1, 0.15) is 5.69 Å². The molecule has 0 saturated carbocycles. The molecule has 2 N–H and O–H groups in total. The maximum atomic E-state index is 6.05. The summed E-state index contributed by atoms with van der Waals surface area (Å²) in [5.41, 5.74) is 9.53. The highest BCUT2D eigenvalue weighted by Crippen LogP contribution is 2.49. The summed E-state index contributed by atoms with van der Waals surface area (Å²) in [7, 11) is 3.84. The van der Waals surface area contributed by atoms with Crippen molar-refractivity contribution in [1.29, 1.82) is 0 Å². The molecule has 98 valence electrons. The third-order valence-electron chi connectivity index (χ3n) is 4.02. The molecule has 0 atom stereocenters. The summed E-state index contributed by atoms with van der Waals surface area (Å²) in [6, 6.07) is 1.93. The van der Waals surface area contributed by atoms with E-state index in [1.165, 1.54) is 0 Å². The van der Waals surface area contributed by atoms with Crippen LogP contribution in [0.2, 0.25) is 0 Å². The second kappa shape index (κ2) is 3.24. The number of pyridine rings is 1. The third kappa shape index (κ3) is 1.13. The largest absolute Gasteiger partial charge is 0.382 e. The van der Waals surface area contributed by atoms with Gasteiger partial charge in [-0.05, 0) is 6.07 Å². The summed E-state index contributed by atoms with van der Waals surface area (Å²) >= 11 is 0. The summed E-state index contributed by atoms with van der Waals surface area (Å²) in [6.07, 6.45) is 1.70. The number of rotatable bonds is 0. The van der Waals surface area contributed by atoms with E-state index in [1.807, 2.05) is 20.2 Å². The van der Waals surface area contributed by atoms with E-state index in [0.717, 1.165) is 22.6 Å². The van der Waals surface area contributed by atoms with Crippen molar-refractivity contribution in [3.05, 3.63) is 18.0 Å². The minimum atomic E-state index is -0.256. The Kier molecular flexibility index (Phi) is 1.83. The van der Waals surface area contributed by atoms with E-state index >= 15 is 0 Å². The van der Waals surface area contributed by atoms with Gasteiger partial charge in [0.05, 0.1) is 18.9 Å². The lowest BCUT2D eigenvalue weighted by Crippen LogP contribution is -2.60. The molecule has 0 radical (unpaired) electrons. The lowest BCUT2D eigenvalue weighted by atomic mass is 9.83. The molecule has 1 fully saturated rings. The van der Waals surface area contributed by atoms with Crippen molar-refractivity contribution >= 4 is 11.5 Å². The van der Waals surface area contributed by atoms with Gasteiger partial charge in [-0.1, -0.05) is 0 Å². The first-order valence-electron chi connectivity index (χ1n) is 6.12. The topological polar surface area (TPSA) is 82.1 Å². The number of aromatic nitrogens is 4. The minimum absolute atomic E-state index is 0.256. The van der Waals surface area contributed by atoms with Crippen LogP contribution in [-0.2, 0) is 17.3 Å². The van der Waals surface area contributed by atoms with Gasteiger partial charge in [0, 0.05) is 25.9 Å². The van der Waals surface area contributed by atoms with E-state index in [1.54, 1.807) is 11.0 Å². The van der Waals surface area contributed by atoms with E-state index in [4.69, 9.17) is 10.5 Å². The maximum absolute atomic E-state index is 6.05. The molecular formula is C12H14N6O. The van der Waals surface area contributed by atoms with Crippen molar-refractivity contribution in [2.45, 2.75) is 5.54 Å². The Balaban J connectivity index is 2.07. The predicted octanol–water partition coefficient (Wildman–Crippen LogP) is 0.135. The Labute approximate surface area is 110 Å². The fraction of sp³-hybridized carbons (Fsp3) is 0.417. The Hall–Kier alpha value is -2.15. The Morgan fingerprint density at radius 1 is 1.32 bits per heavy atom. The number of likely N-dealkylation sites (N-methyl/N-ethyl adjacent to an activating group) is 1. The Morgan fingerprint density at radius 2 is 2.11 bits per heavy atom. The summed E-state index contributed by atoms with van der Waals surface area (Å²) in [5.74, 6) is 0.516. The zero-order valence-corrected chi connectivity index (χ0v) is 10.8. The number of nitrogens with zero attached hydrogens (tertiary/aromatic N) is 5. The van der Waals surface area contributed by atoms with Crippen LogP contribution in [0.3, 0.4) is 0 Å². The molecule has 0 unspecified atom stereocenters. The molecule has 7 nitrogen and oxygen atoms in total. The Morgan fingerprint density at radius 3 is 2.79 bits per heavy atom. The van der Waals surface area contributed by atoms with Gasteiger partial charge in [0.25, 0.3) is 0 Å².